The highest BCUT2D eigenvalue weighted by Gasteiger charge is 2.20. The second-order valence-electron chi connectivity index (χ2n) is 5.70. The molecule has 2 rings (SSSR count). The average Bonchev–Trinajstić information content (AvgIpc) is 2.45. The van der Waals surface area contributed by atoms with Gasteiger partial charge in [0, 0.05) is 30.9 Å². The summed E-state index contributed by atoms with van der Waals surface area (Å²) in [5.41, 5.74) is 1.13. The van der Waals surface area contributed by atoms with Crippen molar-refractivity contribution in [2.75, 3.05) is 24.5 Å². The predicted octanol–water partition coefficient (Wildman–Crippen LogP) is 2.57. The molecular weight excluding hydrogens is 236 g/mol. The molecule has 19 heavy (non-hydrogen) atoms. The van der Waals surface area contributed by atoms with Gasteiger partial charge in [0.15, 0.2) is 0 Å². The fourth-order valence-electron chi connectivity index (χ4n) is 2.55. The van der Waals surface area contributed by atoms with Gasteiger partial charge in [-0.25, -0.2) is 9.97 Å². The van der Waals surface area contributed by atoms with Crippen molar-refractivity contribution in [3.05, 3.63) is 18.1 Å². The van der Waals surface area contributed by atoms with Gasteiger partial charge in [-0.1, -0.05) is 20.8 Å². The van der Waals surface area contributed by atoms with Gasteiger partial charge in [-0.05, 0) is 31.7 Å². The van der Waals surface area contributed by atoms with E-state index in [1.54, 1.807) is 6.33 Å². The SMILES string of the molecule is CCCNC1CCCN(c2cc(C(C)C)ncn2)C1. The van der Waals surface area contributed by atoms with E-state index in [1.807, 2.05) is 0 Å². The van der Waals surface area contributed by atoms with Crippen molar-refractivity contribution in [2.45, 2.75) is 52.0 Å². The smallest absolute Gasteiger partial charge is 0.132 e. The molecule has 0 saturated carbocycles. The summed E-state index contributed by atoms with van der Waals surface area (Å²) in [5.74, 6) is 1.54. The monoisotopic (exact) mass is 262 g/mol. The summed E-state index contributed by atoms with van der Waals surface area (Å²) in [5, 5.41) is 3.62. The van der Waals surface area contributed by atoms with Gasteiger partial charge in [-0.3, -0.25) is 0 Å². The van der Waals surface area contributed by atoms with Crippen LogP contribution in [0.3, 0.4) is 0 Å². The summed E-state index contributed by atoms with van der Waals surface area (Å²) in [6.45, 7) is 9.85. The standard InChI is InChI=1S/C15H26N4/c1-4-7-16-13-6-5-8-19(10-13)15-9-14(12(2)3)17-11-18-15/h9,11-13,16H,4-8,10H2,1-3H3. The molecule has 1 unspecified atom stereocenters. The largest absolute Gasteiger partial charge is 0.355 e. The number of anilines is 1. The fourth-order valence-corrected chi connectivity index (χ4v) is 2.55. The van der Waals surface area contributed by atoms with Crippen molar-refractivity contribution in [3.63, 3.8) is 0 Å². The minimum Gasteiger partial charge on any atom is -0.355 e. The first-order chi connectivity index (χ1) is 9.20. The third-order valence-electron chi connectivity index (χ3n) is 3.69. The summed E-state index contributed by atoms with van der Waals surface area (Å²) < 4.78 is 0. The van der Waals surface area contributed by atoms with E-state index in [0.717, 1.165) is 31.1 Å². The third kappa shape index (κ3) is 3.90. The normalized spacial score (nSPS) is 20.0. The van der Waals surface area contributed by atoms with Crippen molar-refractivity contribution >= 4 is 5.82 Å². The van der Waals surface area contributed by atoms with Crippen molar-refractivity contribution in [2.24, 2.45) is 0 Å². The third-order valence-corrected chi connectivity index (χ3v) is 3.69. The average molecular weight is 262 g/mol. The second-order valence-corrected chi connectivity index (χ2v) is 5.70. The lowest BCUT2D eigenvalue weighted by molar-refractivity contribution is 0.421. The first kappa shape index (κ1) is 14.3. The molecule has 0 aromatic carbocycles. The lowest BCUT2D eigenvalue weighted by Crippen LogP contribution is -2.46. The van der Waals surface area contributed by atoms with Crippen LogP contribution < -0.4 is 10.2 Å². The highest BCUT2D eigenvalue weighted by molar-refractivity contribution is 5.40. The molecule has 0 radical (unpaired) electrons. The van der Waals surface area contributed by atoms with Gasteiger partial charge in [0.2, 0.25) is 0 Å². The molecule has 1 saturated heterocycles. The number of nitrogens with one attached hydrogen (secondary N) is 1. The summed E-state index contributed by atoms with van der Waals surface area (Å²) in [6.07, 6.45) is 5.41. The quantitative estimate of drug-likeness (QED) is 0.885. The second kappa shape index (κ2) is 6.85. The van der Waals surface area contributed by atoms with Crippen LogP contribution in [0.5, 0.6) is 0 Å². The van der Waals surface area contributed by atoms with Gasteiger partial charge < -0.3 is 10.2 Å². The van der Waals surface area contributed by atoms with Crippen LogP contribution in [-0.2, 0) is 0 Å². The number of hydrogen-bond donors (Lipinski definition) is 1. The highest BCUT2D eigenvalue weighted by atomic mass is 15.2. The topological polar surface area (TPSA) is 41.0 Å². The van der Waals surface area contributed by atoms with Crippen LogP contribution in [0.25, 0.3) is 0 Å². The molecule has 1 aromatic rings. The Balaban J connectivity index is 2.02. The van der Waals surface area contributed by atoms with Gasteiger partial charge in [0.25, 0.3) is 0 Å². The summed E-state index contributed by atoms with van der Waals surface area (Å²) in [4.78, 5) is 11.2. The molecular formula is C15H26N4. The summed E-state index contributed by atoms with van der Waals surface area (Å²) in [7, 11) is 0. The van der Waals surface area contributed by atoms with E-state index in [-0.39, 0.29) is 0 Å². The lowest BCUT2D eigenvalue weighted by atomic mass is 10.1. The molecule has 1 aliphatic heterocycles. The molecule has 106 valence electrons. The number of piperidine rings is 1. The number of hydrogen-bond acceptors (Lipinski definition) is 4. The Morgan fingerprint density at radius 3 is 3.00 bits per heavy atom. The van der Waals surface area contributed by atoms with Crippen molar-refractivity contribution in [3.8, 4) is 0 Å². The molecule has 0 aliphatic carbocycles. The zero-order valence-corrected chi connectivity index (χ0v) is 12.4. The van der Waals surface area contributed by atoms with Gasteiger partial charge in [-0.15, -0.1) is 0 Å². The van der Waals surface area contributed by atoms with E-state index in [2.05, 4.69) is 47.0 Å². The molecule has 1 fully saturated rings. The molecule has 2 heterocycles. The minimum absolute atomic E-state index is 0.459. The Bertz CT molecular complexity index is 391. The Morgan fingerprint density at radius 1 is 1.42 bits per heavy atom. The van der Waals surface area contributed by atoms with Crippen LogP contribution in [0, 0.1) is 0 Å². The maximum absolute atomic E-state index is 4.45. The first-order valence-electron chi connectivity index (χ1n) is 7.51. The molecule has 4 heteroatoms. The van der Waals surface area contributed by atoms with Crippen molar-refractivity contribution in [1.82, 2.24) is 15.3 Å². The number of nitrogens with zero attached hydrogens (tertiary/aromatic N) is 3. The molecule has 4 nitrogen and oxygen atoms in total. The fraction of sp³-hybridized carbons (Fsp3) is 0.733. The number of aromatic nitrogens is 2. The molecule has 0 amide bonds. The highest BCUT2D eigenvalue weighted by Crippen LogP contribution is 2.20. The molecule has 0 spiro atoms. The van der Waals surface area contributed by atoms with Crippen LogP contribution in [0.15, 0.2) is 12.4 Å². The van der Waals surface area contributed by atoms with Crippen molar-refractivity contribution < 1.29 is 0 Å². The maximum atomic E-state index is 4.45. The maximum Gasteiger partial charge on any atom is 0.132 e. The minimum atomic E-state index is 0.459. The molecule has 1 N–H and O–H groups in total. The van der Waals surface area contributed by atoms with Crippen LogP contribution in [0.2, 0.25) is 0 Å². The van der Waals surface area contributed by atoms with Crippen LogP contribution >= 0.6 is 0 Å². The molecule has 1 atom stereocenters. The Kier molecular flexibility index (Phi) is 5.14. The Labute approximate surface area is 116 Å². The molecule has 1 aliphatic rings. The van der Waals surface area contributed by atoms with E-state index < -0.39 is 0 Å². The Morgan fingerprint density at radius 2 is 2.26 bits per heavy atom. The zero-order chi connectivity index (χ0) is 13.7. The first-order valence-corrected chi connectivity index (χ1v) is 7.51. The van der Waals surface area contributed by atoms with Gasteiger partial charge in [-0.2, -0.15) is 0 Å². The summed E-state index contributed by atoms with van der Waals surface area (Å²) >= 11 is 0. The van der Waals surface area contributed by atoms with Crippen LogP contribution in [0.4, 0.5) is 5.82 Å². The number of rotatable bonds is 5. The van der Waals surface area contributed by atoms with Crippen molar-refractivity contribution in [1.29, 1.82) is 0 Å². The Hall–Kier alpha value is -1.16. The van der Waals surface area contributed by atoms with E-state index in [1.165, 1.54) is 19.3 Å². The summed E-state index contributed by atoms with van der Waals surface area (Å²) in [6, 6.07) is 2.75. The van der Waals surface area contributed by atoms with Gasteiger partial charge in [0.1, 0.15) is 12.1 Å². The van der Waals surface area contributed by atoms with Gasteiger partial charge >= 0.3 is 0 Å². The van der Waals surface area contributed by atoms with Gasteiger partial charge in [0.05, 0.1) is 0 Å². The van der Waals surface area contributed by atoms with E-state index in [0.29, 0.717) is 12.0 Å². The van der Waals surface area contributed by atoms with E-state index in [9.17, 15) is 0 Å². The van der Waals surface area contributed by atoms with E-state index >= 15 is 0 Å². The van der Waals surface area contributed by atoms with E-state index in [4.69, 9.17) is 0 Å². The van der Waals surface area contributed by atoms with Crippen LogP contribution in [0.1, 0.15) is 51.6 Å². The van der Waals surface area contributed by atoms with Crippen LogP contribution in [-0.4, -0.2) is 35.6 Å². The molecule has 1 aromatic heterocycles. The lowest BCUT2D eigenvalue weighted by Gasteiger charge is -2.34. The zero-order valence-electron chi connectivity index (χ0n) is 12.4. The predicted molar refractivity (Wildman–Crippen MR) is 79.6 cm³/mol. The molecule has 0 bridgehead atoms.